The first-order valence-electron chi connectivity index (χ1n) is 3.42. The average molecular weight is 167 g/mol. The van der Waals surface area contributed by atoms with Gasteiger partial charge in [0.25, 0.3) is 11.8 Å². The molecule has 0 N–H and O–H groups in total. The zero-order valence-electron chi connectivity index (χ0n) is 6.29. The van der Waals surface area contributed by atoms with Crippen LogP contribution in [0.2, 0.25) is 0 Å². The third-order valence-electron chi connectivity index (χ3n) is 2.41. The number of amides is 2. The Morgan fingerprint density at radius 3 is 1.75 bits per heavy atom. The van der Waals surface area contributed by atoms with Crippen molar-refractivity contribution in [3.63, 3.8) is 0 Å². The summed E-state index contributed by atoms with van der Waals surface area (Å²) in [5.41, 5.74) is -1.88. The molecule has 0 aromatic carbocycles. The van der Waals surface area contributed by atoms with E-state index in [0.29, 0.717) is 0 Å². The minimum atomic E-state index is -1.88. The number of hydrogen-bond acceptors (Lipinski definition) is 4. The van der Waals surface area contributed by atoms with E-state index in [9.17, 15) is 19.2 Å². The summed E-state index contributed by atoms with van der Waals surface area (Å²) in [6.07, 6.45) is -0.273. The summed E-state index contributed by atoms with van der Waals surface area (Å²) < 4.78 is 0. The number of ketones is 2. The molecule has 0 aromatic heterocycles. The number of β-lactam (4-membered cyclic amide) rings is 2. The van der Waals surface area contributed by atoms with Gasteiger partial charge in [0.2, 0.25) is 5.41 Å². The molecule has 12 heavy (non-hydrogen) atoms. The van der Waals surface area contributed by atoms with Gasteiger partial charge in [0.1, 0.15) is 0 Å². The molecule has 1 saturated carbocycles. The molecule has 0 atom stereocenters. The van der Waals surface area contributed by atoms with E-state index in [-0.39, 0.29) is 6.42 Å². The third kappa shape index (κ3) is 0.399. The number of likely N-dealkylation sites (tertiary alicyclic amines) is 1. The van der Waals surface area contributed by atoms with E-state index >= 15 is 0 Å². The van der Waals surface area contributed by atoms with Crippen molar-refractivity contribution in [3.8, 4) is 0 Å². The van der Waals surface area contributed by atoms with Crippen LogP contribution in [0.5, 0.6) is 0 Å². The van der Waals surface area contributed by atoms with Crippen molar-refractivity contribution in [3.05, 3.63) is 0 Å². The fraction of sp³-hybridized carbons (Fsp3) is 0.429. The molecule has 5 nitrogen and oxygen atoms in total. The summed E-state index contributed by atoms with van der Waals surface area (Å²) in [7, 11) is 1.26. The SMILES string of the molecule is CN1C(=O)C2(C(=O)CC2=O)C1=O. The molecule has 1 saturated heterocycles. The molecule has 5 heteroatoms. The van der Waals surface area contributed by atoms with E-state index in [0.717, 1.165) is 4.90 Å². The lowest BCUT2D eigenvalue weighted by atomic mass is 9.60. The second-order valence-corrected chi connectivity index (χ2v) is 2.94. The summed E-state index contributed by atoms with van der Waals surface area (Å²) >= 11 is 0. The number of Topliss-reactive ketones (excluding diaryl/α,β-unsaturated/α-hetero) is 2. The van der Waals surface area contributed by atoms with Crippen molar-refractivity contribution in [2.24, 2.45) is 5.41 Å². The van der Waals surface area contributed by atoms with E-state index in [1.807, 2.05) is 0 Å². The van der Waals surface area contributed by atoms with E-state index in [1.165, 1.54) is 7.05 Å². The zero-order valence-corrected chi connectivity index (χ0v) is 6.29. The van der Waals surface area contributed by atoms with E-state index in [2.05, 4.69) is 0 Å². The van der Waals surface area contributed by atoms with Gasteiger partial charge in [-0.3, -0.25) is 24.1 Å². The molecule has 2 fully saturated rings. The minimum absolute atomic E-state index is 0.273. The van der Waals surface area contributed by atoms with Crippen LogP contribution in [0.1, 0.15) is 6.42 Å². The second-order valence-electron chi connectivity index (χ2n) is 2.94. The van der Waals surface area contributed by atoms with Gasteiger partial charge < -0.3 is 0 Å². The number of hydrogen-bond donors (Lipinski definition) is 0. The molecule has 0 radical (unpaired) electrons. The molecule has 0 bridgehead atoms. The van der Waals surface area contributed by atoms with Crippen LogP contribution in [0.25, 0.3) is 0 Å². The van der Waals surface area contributed by atoms with Gasteiger partial charge in [-0.05, 0) is 0 Å². The molecule has 2 rings (SSSR count). The normalized spacial score (nSPS) is 25.9. The Morgan fingerprint density at radius 1 is 1.08 bits per heavy atom. The topological polar surface area (TPSA) is 71.5 Å². The minimum Gasteiger partial charge on any atom is -0.297 e. The highest BCUT2D eigenvalue weighted by Crippen LogP contribution is 2.43. The predicted octanol–water partition coefficient (Wildman–Crippen LogP) is -1.49. The molecule has 0 unspecified atom stereocenters. The van der Waals surface area contributed by atoms with Crippen LogP contribution in [0.3, 0.4) is 0 Å². The fourth-order valence-electron chi connectivity index (χ4n) is 1.57. The Hall–Kier alpha value is -1.52. The van der Waals surface area contributed by atoms with E-state index < -0.39 is 28.8 Å². The maximum Gasteiger partial charge on any atom is 0.260 e. The second kappa shape index (κ2) is 1.63. The average Bonchev–Trinajstić information content (AvgIpc) is 2.04. The number of carbonyl (C=O) groups is 4. The maximum atomic E-state index is 11.1. The lowest BCUT2D eigenvalue weighted by molar-refractivity contribution is -0.184. The molecule has 1 spiro atoms. The third-order valence-corrected chi connectivity index (χ3v) is 2.41. The van der Waals surface area contributed by atoms with Gasteiger partial charge in [0, 0.05) is 7.05 Å². The fourth-order valence-corrected chi connectivity index (χ4v) is 1.57. The summed E-state index contributed by atoms with van der Waals surface area (Å²) in [6.45, 7) is 0. The summed E-state index contributed by atoms with van der Waals surface area (Å²) in [4.78, 5) is 44.8. The zero-order chi connectivity index (χ0) is 9.09. The molecular weight excluding hydrogens is 162 g/mol. The van der Waals surface area contributed by atoms with Crippen molar-refractivity contribution in [2.45, 2.75) is 6.42 Å². The highest BCUT2D eigenvalue weighted by atomic mass is 16.2. The first-order valence-corrected chi connectivity index (χ1v) is 3.42. The Labute approximate surface area is 67.3 Å². The van der Waals surface area contributed by atoms with Crippen LogP contribution in [0.4, 0.5) is 0 Å². The quantitative estimate of drug-likeness (QED) is 0.325. The molecule has 1 aliphatic heterocycles. The first kappa shape index (κ1) is 7.15. The standard InChI is InChI=1S/C7H5NO4/c1-8-5(11)7(6(8)12)3(9)2-4(7)10/h2H2,1H3. The van der Waals surface area contributed by atoms with Gasteiger partial charge in [0.05, 0.1) is 6.42 Å². The molecule has 2 amide bonds. The van der Waals surface area contributed by atoms with Gasteiger partial charge in [0.15, 0.2) is 11.6 Å². The van der Waals surface area contributed by atoms with Crippen molar-refractivity contribution >= 4 is 23.4 Å². The molecule has 62 valence electrons. The molecule has 1 aliphatic carbocycles. The van der Waals surface area contributed by atoms with Crippen molar-refractivity contribution < 1.29 is 19.2 Å². The van der Waals surface area contributed by atoms with Crippen LogP contribution in [0.15, 0.2) is 0 Å². The lowest BCUT2D eigenvalue weighted by Gasteiger charge is -2.46. The Kier molecular flexibility index (Phi) is 0.968. The summed E-state index contributed by atoms with van der Waals surface area (Å²) in [5.74, 6) is -2.45. The first-order chi connectivity index (χ1) is 5.52. The van der Waals surface area contributed by atoms with Crippen LogP contribution >= 0.6 is 0 Å². The number of carbonyl (C=O) groups excluding carboxylic acids is 4. The van der Waals surface area contributed by atoms with E-state index in [1.54, 1.807) is 0 Å². The summed E-state index contributed by atoms with van der Waals surface area (Å²) in [5, 5.41) is 0. The number of nitrogens with zero attached hydrogens (tertiary/aromatic N) is 1. The maximum absolute atomic E-state index is 11.1. The number of imide groups is 1. The van der Waals surface area contributed by atoms with E-state index in [4.69, 9.17) is 0 Å². The smallest absolute Gasteiger partial charge is 0.260 e. The van der Waals surface area contributed by atoms with Gasteiger partial charge in [-0.2, -0.15) is 0 Å². The van der Waals surface area contributed by atoms with Crippen molar-refractivity contribution in [1.82, 2.24) is 4.90 Å². The van der Waals surface area contributed by atoms with Crippen LogP contribution in [-0.4, -0.2) is 35.3 Å². The van der Waals surface area contributed by atoms with Crippen molar-refractivity contribution in [2.75, 3.05) is 7.05 Å². The van der Waals surface area contributed by atoms with Crippen LogP contribution in [-0.2, 0) is 19.2 Å². The molecule has 0 aromatic rings. The lowest BCUT2D eigenvalue weighted by Crippen LogP contribution is -2.76. The highest BCUT2D eigenvalue weighted by Gasteiger charge is 2.74. The van der Waals surface area contributed by atoms with Crippen LogP contribution in [0, 0.1) is 5.41 Å². The number of rotatable bonds is 0. The highest BCUT2D eigenvalue weighted by molar-refractivity contribution is 6.54. The molecule has 2 aliphatic rings. The largest absolute Gasteiger partial charge is 0.297 e. The van der Waals surface area contributed by atoms with Crippen molar-refractivity contribution in [1.29, 1.82) is 0 Å². The summed E-state index contributed by atoms with van der Waals surface area (Å²) in [6, 6.07) is 0. The van der Waals surface area contributed by atoms with Crippen LogP contribution < -0.4 is 0 Å². The van der Waals surface area contributed by atoms with Gasteiger partial charge >= 0.3 is 0 Å². The van der Waals surface area contributed by atoms with Gasteiger partial charge in [-0.25, -0.2) is 0 Å². The molecule has 1 heterocycles. The Bertz CT molecular complexity index is 311. The van der Waals surface area contributed by atoms with Gasteiger partial charge in [-0.1, -0.05) is 0 Å². The predicted molar refractivity (Wildman–Crippen MR) is 34.8 cm³/mol. The molecular formula is C7H5NO4. The Balaban J connectivity index is 2.47. The van der Waals surface area contributed by atoms with Gasteiger partial charge in [-0.15, -0.1) is 0 Å². The monoisotopic (exact) mass is 167 g/mol. The Morgan fingerprint density at radius 2 is 1.50 bits per heavy atom.